The zero-order valence-electron chi connectivity index (χ0n) is 20.0. The number of non-ortho nitro benzene ring substituents is 1. The van der Waals surface area contributed by atoms with E-state index in [0.29, 0.717) is 16.7 Å². The van der Waals surface area contributed by atoms with Gasteiger partial charge in [-0.2, -0.15) is 0 Å². The first kappa shape index (κ1) is 25.1. The molecule has 184 valence electrons. The third-order valence-corrected chi connectivity index (χ3v) is 7.96. The SMILES string of the molecule is CC(=O)/C=C(/C)[C@H]1OC(c2ccccc2)=C(S(=O)(=O)c2ccc(C)cc2)[C@@H]1c1ccc([N+](=O)[O-])cc1. The van der Waals surface area contributed by atoms with Crippen LogP contribution >= 0.6 is 0 Å². The number of benzene rings is 3. The molecule has 2 atom stereocenters. The second-order valence-corrected chi connectivity index (χ2v) is 10.7. The van der Waals surface area contributed by atoms with Crippen LogP contribution in [0.4, 0.5) is 5.69 Å². The minimum Gasteiger partial charge on any atom is -0.483 e. The van der Waals surface area contributed by atoms with Crippen LogP contribution in [0, 0.1) is 17.0 Å². The Morgan fingerprint density at radius 1 is 0.944 bits per heavy atom. The quantitative estimate of drug-likeness (QED) is 0.231. The zero-order valence-corrected chi connectivity index (χ0v) is 20.9. The van der Waals surface area contributed by atoms with Crippen LogP contribution in [-0.2, 0) is 19.4 Å². The monoisotopic (exact) mass is 503 g/mol. The number of ketones is 1. The van der Waals surface area contributed by atoms with Crippen molar-refractivity contribution in [2.45, 2.75) is 37.7 Å². The first-order valence-electron chi connectivity index (χ1n) is 11.3. The Morgan fingerprint density at radius 2 is 1.56 bits per heavy atom. The Balaban J connectivity index is 2.00. The molecular weight excluding hydrogens is 478 g/mol. The van der Waals surface area contributed by atoms with Crippen molar-refractivity contribution >= 4 is 27.1 Å². The van der Waals surface area contributed by atoms with Crippen LogP contribution in [0.3, 0.4) is 0 Å². The van der Waals surface area contributed by atoms with Gasteiger partial charge in [-0.1, -0.05) is 60.2 Å². The Kier molecular flexibility index (Phi) is 6.90. The Morgan fingerprint density at radius 3 is 2.11 bits per heavy atom. The molecule has 3 aromatic rings. The van der Waals surface area contributed by atoms with Crippen LogP contribution in [0.1, 0.15) is 36.5 Å². The Bertz CT molecular complexity index is 1470. The van der Waals surface area contributed by atoms with Gasteiger partial charge in [0.1, 0.15) is 16.8 Å². The van der Waals surface area contributed by atoms with Crippen molar-refractivity contribution in [3.05, 3.63) is 122 Å². The van der Waals surface area contributed by atoms with Crippen LogP contribution in [0.15, 0.2) is 100 Å². The lowest BCUT2D eigenvalue weighted by atomic mass is 9.89. The predicted octanol–water partition coefficient (Wildman–Crippen LogP) is 5.76. The number of nitro benzene ring substituents is 1. The summed E-state index contributed by atoms with van der Waals surface area (Å²) in [6, 6.07) is 21.2. The number of hydrogen-bond acceptors (Lipinski definition) is 6. The number of ether oxygens (including phenoxy) is 1. The number of allylic oxidation sites excluding steroid dienone is 1. The Labute approximate surface area is 209 Å². The van der Waals surface area contributed by atoms with Gasteiger partial charge in [0.2, 0.25) is 9.84 Å². The first-order valence-corrected chi connectivity index (χ1v) is 12.8. The van der Waals surface area contributed by atoms with E-state index >= 15 is 0 Å². The molecule has 0 bridgehead atoms. The molecule has 0 N–H and O–H groups in total. The molecule has 0 amide bonds. The van der Waals surface area contributed by atoms with Gasteiger partial charge in [-0.15, -0.1) is 0 Å². The summed E-state index contributed by atoms with van der Waals surface area (Å²) in [5, 5.41) is 11.2. The van der Waals surface area contributed by atoms with Crippen LogP contribution in [0.5, 0.6) is 0 Å². The molecule has 0 radical (unpaired) electrons. The lowest BCUT2D eigenvalue weighted by Gasteiger charge is -2.22. The predicted molar refractivity (Wildman–Crippen MR) is 137 cm³/mol. The number of carbonyl (C=O) groups excluding carboxylic acids is 1. The highest BCUT2D eigenvalue weighted by atomic mass is 32.2. The molecule has 1 aliphatic heterocycles. The summed E-state index contributed by atoms with van der Waals surface area (Å²) in [4.78, 5) is 22.8. The molecule has 8 heteroatoms. The molecule has 1 heterocycles. The molecule has 0 saturated heterocycles. The van der Waals surface area contributed by atoms with Gasteiger partial charge >= 0.3 is 0 Å². The largest absolute Gasteiger partial charge is 0.483 e. The van der Waals surface area contributed by atoms with Crippen LogP contribution in [0.25, 0.3) is 5.76 Å². The van der Waals surface area contributed by atoms with Crippen molar-refractivity contribution in [2.24, 2.45) is 0 Å². The Hall–Kier alpha value is -4.04. The topological polar surface area (TPSA) is 104 Å². The van der Waals surface area contributed by atoms with Crippen molar-refractivity contribution < 1.29 is 22.9 Å². The third kappa shape index (κ3) is 4.85. The third-order valence-electron chi connectivity index (χ3n) is 6.05. The van der Waals surface area contributed by atoms with Crippen molar-refractivity contribution in [3.63, 3.8) is 0 Å². The summed E-state index contributed by atoms with van der Waals surface area (Å²) in [6.45, 7) is 5.00. The minimum atomic E-state index is -4.06. The molecule has 0 saturated carbocycles. The summed E-state index contributed by atoms with van der Waals surface area (Å²) in [6.07, 6.45) is 0.619. The zero-order chi connectivity index (χ0) is 26.0. The molecule has 0 fully saturated rings. The molecule has 36 heavy (non-hydrogen) atoms. The van der Waals surface area contributed by atoms with Gasteiger partial charge in [0.15, 0.2) is 5.78 Å². The number of hydrogen-bond donors (Lipinski definition) is 0. The summed E-state index contributed by atoms with van der Waals surface area (Å²) in [7, 11) is -4.06. The molecule has 0 aliphatic carbocycles. The van der Waals surface area contributed by atoms with E-state index in [1.165, 1.54) is 25.1 Å². The molecule has 1 aliphatic rings. The number of nitrogens with zero attached hydrogens (tertiary/aromatic N) is 1. The maximum Gasteiger partial charge on any atom is 0.269 e. The van der Waals surface area contributed by atoms with Crippen molar-refractivity contribution in [2.75, 3.05) is 0 Å². The van der Waals surface area contributed by atoms with Gasteiger partial charge in [0.05, 0.1) is 15.7 Å². The fourth-order valence-electron chi connectivity index (χ4n) is 4.35. The van der Waals surface area contributed by atoms with Gasteiger partial charge in [0, 0.05) is 17.7 Å². The van der Waals surface area contributed by atoms with Crippen LogP contribution in [-0.4, -0.2) is 25.2 Å². The lowest BCUT2D eigenvalue weighted by molar-refractivity contribution is -0.384. The average molecular weight is 504 g/mol. The molecular formula is C28H25NO6S. The second kappa shape index (κ2) is 9.91. The first-order chi connectivity index (χ1) is 17.1. The summed E-state index contributed by atoms with van der Waals surface area (Å²) in [5.74, 6) is -0.835. The molecule has 7 nitrogen and oxygen atoms in total. The molecule has 3 aromatic carbocycles. The fourth-order valence-corrected chi connectivity index (χ4v) is 6.11. The molecule has 4 rings (SSSR count). The highest BCUT2D eigenvalue weighted by molar-refractivity contribution is 7.95. The number of carbonyl (C=O) groups is 1. The van der Waals surface area contributed by atoms with E-state index in [2.05, 4.69) is 0 Å². The second-order valence-electron chi connectivity index (χ2n) is 8.74. The van der Waals surface area contributed by atoms with Crippen LogP contribution in [0.2, 0.25) is 0 Å². The van der Waals surface area contributed by atoms with Gasteiger partial charge in [-0.25, -0.2) is 8.42 Å². The average Bonchev–Trinajstić information content (AvgIpc) is 3.26. The maximum absolute atomic E-state index is 14.1. The van der Waals surface area contributed by atoms with Gasteiger partial charge < -0.3 is 4.74 Å². The van der Waals surface area contributed by atoms with E-state index in [4.69, 9.17) is 4.74 Å². The standard InChI is InChI=1S/C28H25NO6S/c1-18-9-15-24(16-10-18)36(33,34)28-25(21-11-13-23(14-12-21)29(31)32)26(19(2)17-20(3)30)35-27(28)22-7-5-4-6-8-22/h4-17,25-26H,1-3H3/b19-17-/t25-,26-/m1/s1. The number of aryl methyl sites for hydroxylation is 1. The summed E-state index contributed by atoms with van der Waals surface area (Å²) >= 11 is 0. The van der Waals surface area contributed by atoms with Gasteiger partial charge in [-0.05, 0) is 50.1 Å². The van der Waals surface area contributed by atoms with E-state index < -0.39 is 26.8 Å². The highest BCUT2D eigenvalue weighted by Gasteiger charge is 2.46. The smallest absolute Gasteiger partial charge is 0.269 e. The normalized spacial score (nSPS) is 18.1. The van der Waals surface area contributed by atoms with Crippen LogP contribution < -0.4 is 0 Å². The maximum atomic E-state index is 14.1. The summed E-state index contributed by atoms with van der Waals surface area (Å²) in [5.41, 5.74) is 2.46. The molecule has 0 unspecified atom stereocenters. The fraction of sp³-hybridized carbons (Fsp3) is 0.179. The number of rotatable bonds is 7. The van der Waals surface area contributed by atoms with Crippen molar-refractivity contribution in [1.82, 2.24) is 0 Å². The molecule has 0 aromatic heterocycles. The van der Waals surface area contributed by atoms with Crippen molar-refractivity contribution in [1.29, 1.82) is 0 Å². The van der Waals surface area contributed by atoms with E-state index in [-0.39, 0.29) is 27.0 Å². The van der Waals surface area contributed by atoms with E-state index in [1.807, 2.05) is 13.0 Å². The van der Waals surface area contributed by atoms with Crippen molar-refractivity contribution in [3.8, 4) is 0 Å². The van der Waals surface area contributed by atoms with E-state index in [0.717, 1.165) is 5.56 Å². The minimum absolute atomic E-state index is 0.0488. The van der Waals surface area contributed by atoms with Gasteiger partial charge in [0.25, 0.3) is 5.69 Å². The van der Waals surface area contributed by atoms with Gasteiger partial charge in [-0.3, -0.25) is 14.9 Å². The molecule has 0 spiro atoms. The number of nitro groups is 1. The summed E-state index contributed by atoms with van der Waals surface area (Å²) < 4.78 is 34.6. The number of sulfone groups is 1. The highest BCUT2D eigenvalue weighted by Crippen LogP contribution is 2.49. The van der Waals surface area contributed by atoms with E-state index in [9.17, 15) is 23.3 Å². The van der Waals surface area contributed by atoms with E-state index in [1.54, 1.807) is 67.6 Å². The lowest BCUT2D eigenvalue weighted by Crippen LogP contribution is -2.22.